The van der Waals surface area contributed by atoms with Crippen LogP contribution in [0, 0.1) is 17.2 Å². The van der Waals surface area contributed by atoms with Gasteiger partial charge in [-0.15, -0.1) is 0 Å². The second kappa shape index (κ2) is 7.40. The van der Waals surface area contributed by atoms with Crippen LogP contribution < -0.4 is 0 Å². The largest absolute Gasteiger partial charge is 0.508 e. The van der Waals surface area contributed by atoms with Gasteiger partial charge in [-0.3, -0.25) is 0 Å². The third-order valence-corrected chi connectivity index (χ3v) is 6.14. The number of phenols is 2. The minimum absolute atomic E-state index is 0.198. The molecule has 0 unspecified atom stereocenters. The van der Waals surface area contributed by atoms with E-state index in [2.05, 4.69) is 13.0 Å². The molecule has 3 nitrogen and oxygen atoms in total. The normalized spacial score (nSPS) is 20.9. The van der Waals surface area contributed by atoms with Crippen LogP contribution in [-0.2, 0) is 12.8 Å². The molecule has 3 heteroatoms. The molecule has 4 rings (SSSR count). The highest BCUT2D eigenvalue weighted by Gasteiger charge is 2.35. The Labute approximate surface area is 165 Å². The third kappa shape index (κ3) is 3.34. The van der Waals surface area contributed by atoms with Gasteiger partial charge in [0.2, 0.25) is 0 Å². The van der Waals surface area contributed by atoms with Gasteiger partial charge in [-0.1, -0.05) is 43.3 Å². The number of nitrogens with zero attached hydrogens (tertiary/aromatic N) is 1. The highest BCUT2D eigenvalue weighted by molar-refractivity contribution is 5.45. The Morgan fingerprint density at radius 2 is 1.68 bits per heavy atom. The molecule has 0 saturated heterocycles. The number of aromatic hydroxyl groups is 2. The van der Waals surface area contributed by atoms with Crippen LogP contribution in [0.3, 0.4) is 0 Å². The first kappa shape index (κ1) is 18.1. The van der Waals surface area contributed by atoms with E-state index >= 15 is 0 Å². The lowest BCUT2D eigenvalue weighted by Crippen LogP contribution is -2.28. The lowest BCUT2D eigenvalue weighted by molar-refractivity contribution is 0.347. The number of hydrogen-bond acceptors (Lipinski definition) is 3. The first-order valence-corrected chi connectivity index (χ1v) is 9.65. The van der Waals surface area contributed by atoms with E-state index in [-0.39, 0.29) is 17.4 Å². The zero-order valence-corrected chi connectivity index (χ0v) is 15.8. The summed E-state index contributed by atoms with van der Waals surface area (Å²) in [5, 5.41) is 29.2. The summed E-state index contributed by atoms with van der Waals surface area (Å²) in [7, 11) is 0. The van der Waals surface area contributed by atoms with E-state index < -0.39 is 0 Å². The molecule has 3 aromatic carbocycles. The van der Waals surface area contributed by atoms with Gasteiger partial charge in [0.05, 0.1) is 11.6 Å². The maximum absolute atomic E-state index is 10.1. The summed E-state index contributed by atoms with van der Waals surface area (Å²) < 4.78 is 0. The summed E-state index contributed by atoms with van der Waals surface area (Å²) in [5.41, 5.74) is 5.39. The van der Waals surface area contributed by atoms with E-state index in [1.165, 1.54) is 16.7 Å². The van der Waals surface area contributed by atoms with Gasteiger partial charge in [0.15, 0.2) is 0 Å². The van der Waals surface area contributed by atoms with Gasteiger partial charge in [-0.2, -0.15) is 5.26 Å². The van der Waals surface area contributed by atoms with Gasteiger partial charge in [0, 0.05) is 0 Å². The van der Waals surface area contributed by atoms with Crippen LogP contribution in [0.4, 0.5) is 0 Å². The van der Waals surface area contributed by atoms with E-state index in [9.17, 15) is 15.5 Å². The van der Waals surface area contributed by atoms with Crippen molar-refractivity contribution in [3.63, 3.8) is 0 Å². The van der Waals surface area contributed by atoms with E-state index in [0.29, 0.717) is 17.4 Å². The Morgan fingerprint density at radius 1 is 0.964 bits per heavy atom. The number of benzene rings is 3. The Bertz CT molecular complexity index is 1030. The van der Waals surface area contributed by atoms with Crippen molar-refractivity contribution in [2.45, 2.75) is 31.6 Å². The van der Waals surface area contributed by atoms with Gasteiger partial charge in [-0.05, 0) is 83.2 Å². The van der Waals surface area contributed by atoms with Crippen LogP contribution in [0.25, 0.3) is 0 Å². The average Bonchev–Trinajstić information content (AvgIpc) is 2.71. The molecule has 0 spiro atoms. The zero-order chi connectivity index (χ0) is 19.7. The summed E-state index contributed by atoms with van der Waals surface area (Å²) in [5.74, 6) is 1.40. The lowest BCUT2D eigenvalue weighted by atomic mass is 9.65. The molecule has 28 heavy (non-hydrogen) atoms. The van der Waals surface area contributed by atoms with E-state index in [1.807, 2.05) is 48.5 Å². The standard InChI is InChI=1S/C25H23NO2/c1-16-23(17-6-9-21(27)10-7-17)13-19-8-11-22(28)14-25(19)24(16)12-18-4-2-3-5-20(18)15-26/h2-11,14,16,23-24,27-28H,12-13H2,1H3/t16-,23-,24-/m0/s1. The molecule has 0 heterocycles. The summed E-state index contributed by atoms with van der Waals surface area (Å²) >= 11 is 0. The van der Waals surface area contributed by atoms with Gasteiger partial charge < -0.3 is 10.2 Å². The quantitative estimate of drug-likeness (QED) is 0.661. The third-order valence-electron chi connectivity index (χ3n) is 6.14. The van der Waals surface area contributed by atoms with Crippen molar-refractivity contribution in [1.29, 1.82) is 5.26 Å². The summed E-state index contributed by atoms with van der Waals surface area (Å²) in [6.45, 7) is 2.25. The molecular weight excluding hydrogens is 346 g/mol. The minimum Gasteiger partial charge on any atom is -0.508 e. The van der Waals surface area contributed by atoms with E-state index in [4.69, 9.17) is 0 Å². The zero-order valence-electron chi connectivity index (χ0n) is 15.8. The monoisotopic (exact) mass is 369 g/mol. The smallest absolute Gasteiger partial charge is 0.115 e. The average molecular weight is 369 g/mol. The Kier molecular flexibility index (Phi) is 4.79. The van der Waals surface area contributed by atoms with Crippen molar-refractivity contribution in [3.8, 4) is 17.6 Å². The molecule has 0 bridgehead atoms. The molecule has 0 radical (unpaired) electrons. The molecule has 0 amide bonds. The summed E-state index contributed by atoms with van der Waals surface area (Å²) in [6.07, 6.45) is 1.66. The fourth-order valence-corrected chi connectivity index (χ4v) is 4.58. The van der Waals surface area contributed by atoms with Crippen molar-refractivity contribution >= 4 is 0 Å². The van der Waals surface area contributed by atoms with Crippen LogP contribution in [0.1, 0.15) is 46.6 Å². The maximum atomic E-state index is 10.1. The fraction of sp³-hybridized carbons (Fsp3) is 0.240. The molecule has 3 atom stereocenters. The first-order chi connectivity index (χ1) is 13.6. The van der Waals surface area contributed by atoms with Crippen LogP contribution >= 0.6 is 0 Å². The molecule has 1 aliphatic rings. The molecule has 2 N–H and O–H groups in total. The highest BCUT2D eigenvalue weighted by Crippen LogP contribution is 2.47. The fourth-order valence-electron chi connectivity index (χ4n) is 4.58. The second-order valence-corrected chi connectivity index (χ2v) is 7.72. The highest BCUT2D eigenvalue weighted by atomic mass is 16.3. The molecule has 1 aliphatic carbocycles. The maximum Gasteiger partial charge on any atom is 0.115 e. The van der Waals surface area contributed by atoms with Crippen LogP contribution in [0.15, 0.2) is 66.7 Å². The van der Waals surface area contributed by atoms with Gasteiger partial charge in [0.1, 0.15) is 11.5 Å². The van der Waals surface area contributed by atoms with Crippen LogP contribution in [0.5, 0.6) is 11.5 Å². The van der Waals surface area contributed by atoms with Gasteiger partial charge >= 0.3 is 0 Å². The van der Waals surface area contributed by atoms with E-state index in [0.717, 1.165) is 18.4 Å². The minimum atomic E-state index is 0.198. The SMILES string of the molecule is C[C@H]1[C@@H](c2ccc(O)cc2)Cc2ccc(O)cc2[C@H]1Cc1ccccc1C#N. The molecule has 3 aromatic rings. The first-order valence-electron chi connectivity index (χ1n) is 9.65. The Morgan fingerprint density at radius 3 is 2.43 bits per heavy atom. The van der Waals surface area contributed by atoms with E-state index in [1.54, 1.807) is 18.2 Å². The van der Waals surface area contributed by atoms with Crippen molar-refractivity contribution < 1.29 is 10.2 Å². The molecule has 0 aromatic heterocycles. The van der Waals surface area contributed by atoms with Crippen molar-refractivity contribution in [3.05, 3.63) is 94.5 Å². The lowest BCUT2D eigenvalue weighted by Gasteiger charge is -2.38. The van der Waals surface area contributed by atoms with Crippen LogP contribution in [-0.4, -0.2) is 10.2 Å². The van der Waals surface area contributed by atoms with Gasteiger partial charge in [-0.25, -0.2) is 0 Å². The summed E-state index contributed by atoms with van der Waals surface area (Å²) in [4.78, 5) is 0. The number of rotatable bonds is 3. The Balaban J connectivity index is 1.77. The molecule has 140 valence electrons. The predicted molar refractivity (Wildman–Crippen MR) is 109 cm³/mol. The number of hydrogen-bond donors (Lipinski definition) is 2. The number of nitriles is 1. The van der Waals surface area contributed by atoms with Crippen molar-refractivity contribution in [1.82, 2.24) is 0 Å². The van der Waals surface area contributed by atoms with Gasteiger partial charge in [0.25, 0.3) is 0 Å². The molecule has 0 saturated carbocycles. The number of fused-ring (bicyclic) bond motifs is 1. The molecular formula is C25H23NO2. The molecule has 0 aliphatic heterocycles. The molecule has 0 fully saturated rings. The number of phenolic OH excluding ortho intramolecular Hbond substituents is 2. The topological polar surface area (TPSA) is 64.2 Å². The second-order valence-electron chi connectivity index (χ2n) is 7.72. The van der Waals surface area contributed by atoms with Crippen molar-refractivity contribution in [2.24, 2.45) is 5.92 Å². The summed E-state index contributed by atoms with van der Waals surface area (Å²) in [6, 6.07) is 23.2. The predicted octanol–water partition coefficient (Wildman–Crippen LogP) is 5.27. The van der Waals surface area contributed by atoms with Crippen LogP contribution in [0.2, 0.25) is 0 Å². The Hall–Kier alpha value is -3.25. The van der Waals surface area contributed by atoms with Crippen molar-refractivity contribution in [2.75, 3.05) is 0 Å².